The zero-order valence-electron chi connectivity index (χ0n) is 13.5. The van der Waals surface area contributed by atoms with E-state index < -0.39 is 5.91 Å². The fourth-order valence-electron chi connectivity index (χ4n) is 2.82. The molecule has 1 aliphatic heterocycles. The summed E-state index contributed by atoms with van der Waals surface area (Å²) in [7, 11) is 0. The fourth-order valence-corrected chi connectivity index (χ4v) is 2.82. The third kappa shape index (κ3) is 4.02. The van der Waals surface area contributed by atoms with E-state index in [1.54, 1.807) is 0 Å². The van der Waals surface area contributed by atoms with Crippen LogP contribution in [0.2, 0.25) is 0 Å². The number of benzene rings is 1. The minimum Gasteiger partial charge on any atom is -0.446 e. The van der Waals surface area contributed by atoms with Crippen LogP contribution in [-0.4, -0.2) is 29.8 Å². The first-order valence-electron chi connectivity index (χ1n) is 8.10. The molecule has 3 N–H and O–H groups in total. The normalized spacial score (nSPS) is 14.7. The Morgan fingerprint density at radius 2 is 1.62 bits per heavy atom. The van der Waals surface area contributed by atoms with E-state index in [1.165, 1.54) is 43.6 Å². The molecule has 0 bridgehead atoms. The second-order valence-corrected chi connectivity index (χ2v) is 6.01. The third-order valence-corrected chi connectivity index (χ3v) is 4.15. The highest BCUT2D eigenvalue weighted by Crippen LogP contribution is 2.13. The topological polar surface area (TPSA) is 88.6 Å². The Bertz CT molecular complexity index is 715. The van der Waals surface area contributed by atoms with Crippen LogP contribution in [0.3, 0.4) is 0 Å². The van der Waals surface area contributed by atoms with E-state index in [0.29, 0.717) is 6.54 Å². The number of carbonyl (C=O) groups is 2. The molecule has 0 saturated carbocycles. The Morgan fingerprint density at radius 3 is 2.25 bits per heavy atom. The summed E-state index contributed by atoms with van der Waals surface area (Å²) >= 11 is 0. The van der Waals surface area contributed by atoms with E-state index in [4.69, 9.17) is 10.2 Å². The second kappa shape index (κ2) is 7.31. The molecule has 24 heavy (non-hydrogen) atoms. The first-order chi connectivity index (χ1) is 11.6. The minimum absolute atomic E-state index is 0.0218. The standard InChI is InChI=1S/C18H21N3O3/c19-17(22)15-7-8-16(24-15)18(23)20-11-13-3-5-14(6-4-13)12-21-9-1-2-10-21/h3-8H,1-2,9-12H2,(H2,19,22)(H,20,23). The zero-order chi connectivity index (χ0) is 16.9. The smallest absolute Gasteiger partial charge is 0.287 e. The predicted octanol–water partition coefficient (Wildman–Crippen LogP) is 1.90. The highest BCUT2D eigenvalue weighted by molar-refractivity contribution is 5.94. The summed E-state index contributed by atoms with van der Waals surface area (Å²) in [5.74, 6) is -1.01. The lowest BCUT2D eigenvalue weighted by Gasteiger charge is -2.14. The van der Waals surface area contributed by atoms with Crippen LogP contribution in [0, 0.1) is 0 Å². The van der Waals surface area contributed by atoms with Crippen LogP contribution in [0.25, 0.3) is 0 Å². The molecule has 1 aromatic heterocycles. The summed E-state index contributed by atoms with van der Waals surface area (Å²) < 4.78 is 5.10. The van der Waals surface area contributed by atoms with Crippen molar-refractivity contribution in [2.24, 2.45) is 5.73 Å². The number of nitrogens with one attached hydrogen (secondary N) is 1. The Morgan fingerprint density at radius 1 is 1.00 bits per heavy atom. The summed E-state index contributed by atoms with van der Waals surface area (Å²) in [5.41, 5.74) is 7.39. The zero-order valence-corrected chi connectivity index (χ0v) is 13.5. The molecule has 3 rings (SSSR count). The van der Waals surface area contributed by atoms with Gasteiger partial charge in [-0.2, -0.15) is 0 Å². The molecule has 1 aromatic carbocycles. The number of likely N-dealkylation sites (tertiary alicyclic amines) is 1. The third-order valence-electron chi connectivity index (χ3n) is 4.15. The van der Waals surface area contributed by atoms with Gasteiger partial charge >= 0.3 is 0 Å². The van der Waals surface area contributed by atoms with Crippen molar-refractivity contribution in [1.29, 1.82) is 0 Å². The number of rotatable bonds is 6. The molecule has 126 valence electrons. The molecule has 6 nitrogen and oxygen atoms in total. The second-order valence-electron chi connectivity index (χ2n) is 6.01. The van der Waals surface area contributed by atoms with Crippen molar-refractivity contribution in [2.45, 2.75) is 25.9 Å². The van der Waals surface area contributed by atoms with Gasteiger partial charge in [0.2, 0.25) is 0 Å². The molecule has 0 spiro atoms. The monoisotopic (exact) mass is 327 g/mol. The summed E-state index contributed by atoms with van der Waals surface area (Å²) in [6, 6.07) is 11.1. The quantitative estimate of drug-likeness (QED) is 0.848. The Hall–Kier alpha value is -2.60. The van der Waals surface area contributed by atoms with Gasteiger partial charge in [-0.05, 0) is 49.2 Å². The lowest BCUT2D eigenvalue weighted by Crippen LogP contribution is -2.22. The first kappa shape index (κ1) is 16.3. The Kier molecular flexibility index (Phi) is 4.96. The Labute approximate surface area is 140 Å². The number of hydrogen-bond donors (Lipinski definition) is 2. The number of amides is 2. The molecular formula is C18H21N3O3. The van der Waals surface area contributed by atoms with Crippen molar-refractivity contribution in [3.8, 4) is 0 Å². The van der Waals surface area contributed by atoms with Gasteiger partial charge < -0.3 is 15.5 Å². The van der Waals surface area contributed by atoms with Crippen LogP contribution in [0.15, 0.2) is 40.8 Å². The molecule has 2 amide bonds. The predicted molar refractivity (Wildman–Crippen MR) is 89.3 cm³/mol. The summed E-state index contributed by atoms with van der Waals surface area (Å²) in [6.45, 7) is 3.73. The summed E-state index contributed by atoms with van der Waals surface area (Å²) in [6.07, 6.45) is 2.57. The van der Waals surface area contributed by atoms with Crippen LogP contribution in [0.5, 0.6) is 0 Å². The van der Waals surface area contributed by atoms with E-state index >= 15 is 0 Å². The van der Waals surface area contributed by atoms with E-state index in [2.05, 4.69) is 22.3 Å². The molecule has 1 saturated heterocycles. The van der Waals surface area contributed by atoms with Gasteiger partial charge in [0.05, 0.1) is 0 Å². The summed E-state index contributed by atoms with van der Waals surface area (Å²) in [5, 5.41) is 2.76. The van der Waals surface area contributed by atoms with Crippen LogP contribution >= 0.6 is 0 Å². The highest BCUT2D eigenvalue weighted by atomic mass is 16.4. The molecular weight excluding hydrogens is 306 g/mol. The van der Waals surface area contributed by atoms with Crippen LogP contribution in [-0.2, 0) is 13.1 Å². The Balaban J connectivity index is 1.52. The first-order valence-corrected chi connectivity index (χ1v) is 8.10. The molecule has 2 aromatic rings. The summed E-state index contributed by atoms with van der Waals surface area (Å²) in [4.78, 5) is 25.4. The van der Waals surface area contributed by atoms with E-state index in [1.807, 2.05) is 12.1 Å². The number of primary amides is 1. The number of carbonyl (C=O) groups excluding carboxylic acids is 2. The van der Waals surface area contributed by atoms with Crippen LogP contribution in [0.4, 0.5) is 0 Å². The SMILES string of the molecule is NC(=O)c1ccc(C(=O)NCc2ccc(CN3CCCC3)cc2)o1. The number of nitrogens with zero attached hydrogens (tertiary/aromatic N) is 1. The van der Waals surface area contributed by atoms with Crippen molar-refractivity contribution in [3.05, 3.63) is 59.0 Å². The van der Waals surface area contributed by atoms with Gasteiger partial charge in [-0.25, -0.2) is 0 Å². The van der Waals surface area contributed by atoms with Crippen molar-refractivity contribution in [2.75, 3.05) is 13.1 Å². The fraction of sp³-hybridized carbons (Fsp3) is 0.333. The van der Waals surface area contributed by atoms with Gasteiger partial charge in [0.15, 0.2) is 11.5 Å². The molecule has 1 aliphatic rings. The maximum absolute atomic E-state index is 12.0. The van der Waals surface area contributed by atoms with Crippen molar-refractivity contribution in [3.63, 3.8) is 0 Å². The molecule has 0 radical (unpaired) electrons. The van der Waals surface area contributed by atoms with Gasteiger partial charge in [0, 0.05) is 13.1 Å². The lowest BCUT2D eigenvalue weighted by atomic mass is 10.1. The number of hydrogen-bond acceptors (Lipinski definition) is 4. The molecule has 6 heteroatoms. The van der Waals surface area contributed by atoms with Crippen molar-refractivity contribution in [1.82, 2.24) is 10.2 Å². The maximum Gasteiger partial charge on any atom is 0.287 e. The average molecular weight is 327 g/mol. The minimum atomic E-state index is -0.692. The average Bonchev–Trinajstić information content (AvgIpc) is 3.25. The molecule has 0 unspecified atom stereocenters. The highest BCUT2D eigenvalue weighted by Gasteiger charge is 2.14. The van der Waals surface area contributed by atoms with E-state index in [-0.39, 0.29) is 17.4 Å². The molecule has 2 heterocycles. The van der Waals surface area contributed by atoms with Gasteiger partial charge in [-0.1, -0.05) is 24.3 Å². The number of furan rings is 1. The van der Waals surface area contributed by atoms with Gasteiger partial charge in [-0.3, -0.25) is 14.5 Å². The molecule has 0 aliphatic carbocycles. The largest absolute Gasteiger partial charge is 0.446 e. The van der Waals surface area contributed by atoms with E-state index in [9.17, 15) is 9.59 Å². The van der Waals surface area contributed by atoms with Crippen LogP contribution in [0.1, 0.15) is 45.1 Å². The van der Waals surface area contributed by atoms with E-state index in [0.717, 1.165) is 12.1 Å². The lowest BCUT2D eigenvalue weighted by molar-refractivity contribution is 0.0913. The maximum atomic E-state index is 12.0. The van der Waals surface area contributed by atoms with Crippen LogP contribution < -0.4 is 11.1 Å². The van der Waals surface area contributed by atoms with Gasteiger partial charge in [-0.15, -0.1) is 0 Å². The van der Waals surface area contributed by atoms with Crippen molar-refractivity contribution < 1.29 is 14.0 Å². The van der Waals surface area contributed by atoms with Crippen molar-refractivity contribution >= 4 is 11.8 Å². The van der Waals surface area contributed by atoms with Gasteiger partial charge in [0.25, 0.3) is 11.8 Å². The molecule has 0 atom stereocenters. The molecule has 1 fully saturated rings. The van der Waals surface area contributed by atoms with Gasteiger partial charge in [0.1, 0.15) is 0 Å². The number of nitrogens with two attached hydrogens (primary N) is 1.